The summed E-state index contributed by atoms with van der Waals surface area (Å²) < 4.78 is 22.1. The predicted molar refractivity (Wildman–Crippen MR) is 132 cm³/mol. The second-order valence-electron chi connectivity index (χ2n) is 8.56. The molecule has 0 saturated carbocycles. The van der Waals surface area contributed by atoms with E-state index in [1.54, 1.807) is 49.6 Å². The van der Waals surface area contributed by atoms with E-state index >= 15 is 0 Å². The number of carbonyl (C=O) groups is 2. The van der Waals surface area contributed by atoms with Crippen molar-refractivity contribution in [3.63, 3.8) is 0 Å². The van der Waals surface area contributed by atoms with Crippen LogP contribution in [0.2, 0.25) is 0 Å². The van der Waals surface area contributed by atoms with Crippen molar-refractivity contribution in [3.8, 4) is 17.2 Å². The van der Waals surface area contributed by atoms with Gasteiger partial charge in [0.2, 0.25) is 0 Å². The fourth-order valence-corrected chi connectivity index (χ4v) is 3.93. The maximum Gasteiger partial charge on any atom is 0.295 e. The molecule has 1 aliphatic rings. The lowest BCUT2D eigenvalue weighted by Gasteiger charge is -2.26. The van der Waals surface area contributed by atoms with E-state index in [0.717, 1.165) is 0 Å². The van der Waals surface area contributed by atoms with Gasteiger partial charge in [-0.2, -0.15) is 0 Å². The molecule has 1 atom stereocenters. The first-order valence-corrected chi connectivity index (χ1v) is 11.6. The largest absolute Gasteiger partial charge is 0.507 e. The first-order valence-electron chi connectivity index (χ1n) is 11.6. The summed E-state index contributed by atoms with van der Waals surface area (Å²) in [6.07, 6.45) is 0. The van der Waals surface area contributed by atoms with Crippen LogP contribution in [-0.4, -0.2) is 62.3 Å². The molecule has 3 rings (SSSR count). The number of aliphatic hydroxyl groups is 1. The monoisotopic (exact) mass is 483 g/mol. The number of hydrogen-bond acceptors (Lipinski definition) is 7. The van der Waals surface area contributed by atoms with Crippen LogP contribution >= 0.6 is 0 Å². The zero-order chi connectivity index (χ0) is 25.5. The molecule has 1 aliphatic heterocycles. The number of benzene rings is 2. The molecule has 8 heteroatoms. The van der Waals surface area contributed by atoms with Crippen molar-refractivity contribution in [3.05, 3.63) is 59.2 Å². The van der Waals surface area contributed by atoms with Crippen molar-refractivity contribution in [1.29, 1.82) is 0 Å². The lowest BCUT2D eigenvalue weighted by Crippen LogP contribution is -2.32. The quantitative estimate of drug-likeness (QED) is 0.291. The zero-order valence-electron chi connectivity index (χ0n) is 20.9. The van der Waals surface area contributed by atoms with E-state index in [-0.39, 0.29) is 30.4 Å². The topological polar surface area (TPSA) is 94.5 Å². The highest BCUT2D eigenvalue weighted by Gasteiger charge is 2.46. The Morgan fingerprint density at radius 3 is 2.49 bits per heavy atom. The summed E-state index contributed by atoms with van der Waals surface area (Å²) in [5.41, 5.74) is 0.998. The van der Waals surface area contributed by atoms with Crippen LogP contribution in [0, 0.1) is 5.92 Å². The molecule has 0 aromatic heterocycles. The third-order valence-electron chi connectivity index (χ3n) is 5.57. The van der Waals surface area contributed by atoms with Crippen molar-refractivity contribution in [2.24, 2.45) is 5.92 Å². The summed E-state index contributed by atoms with van der Waals surface area (Å²) >= 11 is 0. The lowest BCUT2D eigenvalue weighted by atomic mass is 9.95. The average Bonchev–Trinajstić information content (AvgIpc) is 3.10. The van der Waals surface area contributed by atoms with Crippen molar-refractivity contribution < 1.29 is 33.6 Å². The number of methoxy groups -OCH3 is 2. The number of rotatable bonds is 11. The number of likely N-dealkylation sites (tertiary alicyclic amines) is 1. The standard InChI is InChI=1S/C27H33NO7/c1-6-34-20-9-7-8-19(14-20)25(29)23-24(28(12-13-32-4)27(31)26(23)30)18-10-11-21(33-5)22(15-18)35-16-17(2)3/h7-11,14-15,17,24,29H,6,12-13,16H2,1-5H3/b25-23-. The number of hydrogen-bond donors (Lipinski definition) is 1. The number of Topliss-reactive ketones (excluding diaryl/α,β-unsaturated/α-hetero) is 1. The molecule has 2 aromatic carbocycles. The van der Waals surface area contributed by atoms with Crippen LogP contribution in [0.4, 0.5) is 0 Å². The average molecular weight is 484 g/mol. The van der Waals surface area contributed by atoms with Gasteiger partial charge in [0, 0.05) is 19.2 Å². The second kappa shape index (κ2) is 11.8. The minimum absolute atomic E-state index is 0.000252. The van der Waals surface area contributed by atoms with Crippen LogP contribution < -0.4 is 14.2 Å². The minimum Gasteiger partial charge on any atom is -0.507 e. The molecule has 0 aliphatic carbocycles. The van der Waals surface area contributed by atoms with Crippen LogP contribution in [0.1, 0.15) is 37.9 Å². The highest BCUT2D eigenvalue weighted by atomic mass is 16.5. The summed E-state index contributed by atoms with van der Waals surface area (Å²) in [6, 6.07) is 11.2. The third-order valence-corrected chi connectivity index (χ3v) is 5.57. The van der Waals surface area contributed by atoms with Crippen LogP contribution in [0.3, 0.4) is 0 Å². The summed E-state index contributed by atoms with van der Waals surface area (Å²) in [4.78, 5) is 27.6. The third kappa shape index (κ3) is 5.77. The van der Waals surface area contributed by atoms with Gasteiger partial charge in [0.25, 0.3) is 11.7 Å². The van der Waals surface area contributed by atoms with Gasteiger partial charge in [-0.1, -0.05) is 32.0 Å². The maximum absolute atomic E-state index is 13.2. The van der Waals surface area contributed by atoms with Gasteiger partial charge in [0.15, 0.2) is 11.5 Å². The Hall–Kier alpha value is -3.52. The molecular formula is C27H33NO7. The van der Waals surface area contributed by atoms with E-state index in [0.29, 0.717) is 41.6 Å². The number of ketones is 1. The van der Waals surface area contributed by atoms with E-state index in [2.05, 4.69) is 0 Å². The summed E-state index contributed by atoms with van der Waals surface area (Å²) in [6.45, 7) is 7.26. The number of ether oxygens (including phenoxy) is 4. The Bertz CT molecular complexity index is 1090. The molecule has 0 spiro atoms. The summed E-state index contributed by atoms with van der Waals surface area (Å²) in [7, 11) is 3.07. The van der Waals surface area contributed by atoms with Gasteiger partial charge in [-0.3, -0.25) is 9.59 Å². The first kappa shape index (κ1) is 26.1. The van der Waals surface area contributed by atoms with Crippen LogP contribution in [0.25, 0.3) is 5.76 Å². The normalized spacial score (nSPS) is 17.2. The van der Waals surface area contributed by atoms with Gasteiger partial charge in [0.1, 0.15) is 11.5 Å². The Kier molecular flexibility index (Phi) is 8.76. The van der Waals surface area contributed by atoms with Gasteiger partial charge in [-0.25, -0.2) is 0 Å². The number of nitrogens with zero attached hydrogens (tertiary/aromatic N) is 1. The second-order valence-corrected chi connectivity index (χ2v) is 8.56. The van der Waals surface area contributed by atoms with Gasteiger partial charge in [-0.05, 0) is 42.7 Å². The van der Waals surface area contributed by atoms with Crippen molar-refractivity contribution >= 4 is 17.4 Å². The SMILES string of the molecule is CCOc1cccc(/C(O)=C2/C(=O)C(=O)N(CCOC)C2c2ccc(OC)c(OCC(C)C)c2)c1. The van der Waals surface area contributed by atoms with Gasteiger partial charge >= 0.3 is 0 Å². The first-order chi connectivity index (χ1) is 16.8. The molecule has 188 valence electrons. The predicted octanol–water partition coefficient (Wildman–Crippen LogP) is 4.20. The molecule has 1 unspecified atom stereocenters. The highest BCUT2D eigenvalue weighted by Crippen LogP contribution is 2.42. The zero-order valence-corrected chi connectivity index (χ0v) is 20.9. The van der Waals surface area contributed by atoms with E-state index in [9.17, 15) is 14.7 Å². The molecule has 1 saturated heterocycles. The highest BCUT2D eigenvalue weighted by molar-refractivity contribution is 6.46. The molecule has 1 fully saturated rings. The molecule has 2 aromatic rings. The number of carbonyl (C=O) groups excluding carboxylic acids is 2. The van der Waals surface area contributed by atoms with Crippen LogP contribution in [0.5, 0.6) is 17.2 Å². The van der Waals surface area contributed by atoms with Crippen molar-refractivity contribution in [2.75, 3.05) is 40.6 Å². The van der Waals surface area contributed by atoms with E-state index in [1.165, 1.54) is 12.0 Å². The van der Waals surface area contributed by atoms with Gasteiger partial charge in [0.05, 0.1) is 38.5 Å². The Morgan fingerprint density at radius 1 is 1.06 bits per heavy atom. The van der Waals surface area contributed by atoms with Crippen molar-refractivity contribution in [1.82, 2.24) is 4.90 Å². The molecular weight excluding hydrogens is 450 g/mol. The minimum atomic E-state index is -0.826. The Labute approximate surface area is 206 Å². The van der Waals surface area contributed by atoms with E-state index in [1.807, 2.05) is 20.8 Å². The van der Waals surface area contributed by atoms with Crippen LogP contribution in [0.15, 0.2) is 48.0 Å². The fraction of sp³-hybridized carbons (Fsp3) is 0.407. The van der Waals surface area contributed by atoms with Gasteiger partial charge in [-0.15, -0.1) is 0 Å². The smallest absolute Gasteiger partial charge is 0.295 e. The summed E-state index contributed by atoms with van der Waals surface area (Å²) in [5, 5.41) is 11.3. The molecule has 1 amide bonds. The molecule has 0 radical (unpaired) electrons. The molecule has 35 heavy (non-hydrogen) atoms. The molecule has 8 nitrogen and oxygen atoms in total. The molecule has 0 bridgehead atoms. The molecule has 1 heterocycles. The van der Waals surface area contributed by atoms with Crippen molar-refractivity contribution in [2.45, 2.75) is 26.8 Å². The van der Waals surface area contributed by atoms with Crippen LogP contribution in [-0.2, 0) is 14.3 Å². The maximum atomic E-state index is 13.2. The fourth-order valence-electron chi connectivity index (χ4n) is 3.93. The summed E-state index contributed by atoms with van der Waals surface area (Å²) in [5.74, 6) is 0.141. The Balaban J connectivity index is 2.15. The van der Waals surface area contributed by atoms with E-state index < -0.39 is 17.7 Å². The lowest BCUT2D eigenvalue weighted by molar-refractivity contribution is -0.140. The van der Waals surface area contributed by atoms with Gasteiger partial charge < -0.3 is 29.0 Å². The molecule has 1 N–H and O–H groups in total. The Morgan fingerprint density at radius 2 is 1.83 bits per heavy atom. The van der Waals surface area contributed by atoms with E-state index in [4.69, 9.17) is 18.9 Å². The number of aliphatic hydroxyl groups excluding tert-OH is 1. The number of amides is 1.